The van der Waals surface area contributed by atoms with Crippen molar-refractivity contribution in [3.05, 3.63) is 47.0 Å². The molecule has 0 aliphatic rings. The summed E-state index contributed by atoms with van der Waals surface area (Å²) < 4.78 is 0. The molecule has 2 N–H and O–H groups in total. The average molecular weight is 359 g/mol. The lowest BCUT2D eigenvalue weighted by atomic mass is 9.86. The summed E-state index contributed by atoms with van der Waals surface area (Å²) >= 11 is 1.34. The van der Waals surface area contributed by atoms with Crippen LogP contribution in [0.25, 0.3) is 0 Å². The monoisotopic (exact) mass is 359 g/mol. The Bertz CT molecular complexity index is 716. The van der Waals surface area contributed by atoms with Crippen molar-refractivity contribution in [2.24, 2.45) is 5.92 Å². The zero-order valence-electron chi connectivity index (χ0n) is 15.3. The summed E-state index contributed by atoms with van der Waals surface area (Å²) in [6.45, 7) is 10.2. The van der Waals surface area contributed by atoms with E-state index in [9.17, 15) is 9.59 Å². The topological polar surface area (TPSA) is 71.1 Å². The van der Waals surface area contributed by atoms with Crippen LogP contribution in [0.4, 0.5) is 5.13 Å². The number of carbonyl (C=O) groups excluding carboxylic acids is 2. The Labute approximate surface area is 152 Å². The molecule has 5 nitrogen and oxygen atoms in total. The van der Waals surface area contributed by atoms with E-state index in [0.29, 0.717) is 10.7 Å². The summed E-state index contributed by atoms with van der Waals surface area (Å²) in [6, 6.07) is 6.88. The smallest absolute Gasteiger partial charge is 0.251 e. The molecule has 0 spiro atoms. The highest BCUT2D eigenvalue weighted by Gasteiger charge is 2.25. The van der Waals surface area contributed by atoms with Gasteiger partial charge in [0.15, 0.2) is 5.13 Å². The van der Waals surface area contributed by atoms with Gasteiger partial charge in [-0.1, -0.05) is 46.8 Å². The molecule has 6 heteroatoms. The lowest BCUT2D eigenvalue weighted by Crippen LogP contribution is -2.47. The van der Waals surface area contributed by atoms with Gasteiger partial charge in [-0.05, 0) is 29.0 Å². The predicted molar refractivity (Wildman–Crippen MR) is 102 cm³/mol. The molecule has 134 valence electrons. The molecule has 1 aromatic heterocycles. The molecule has 1 unspecified atom stereocenters. The van der Waals surface area contributed by atoms with E-state index in [4.69, 9.17) is 0 Å². The number of nitrogens with one attached hydrogen (secondary N) is 2. The van der Waals surface area contributed by atoms with Crippen LogP contribution < -0.4 is 10.6 Å². The second-order valence-electron chi connectivity index (χ2n) is 7.35. The normalized spacial score (nSPS) is 12.7. The first-order valence-electron chi connectivity index (χ1n) is 8.30. The lowest BCUT2D eigenvalue weighted by Gasteiger charge is -2.22. The van der Waals surface area contributed by atoms with Gasteiger partial charge in [0.25, 0.3) is 5.91 Å². The fraction of sp³-hybridized carbons (Fsp3) is 0.421. The van der Waals surface area contributed by atoms with Crippen LogP contribution in [0.1, 0.15) is 50.5 Å². The number of benzene rings is 1. The van der Waals surface area contributed by atoms with Crippen molar-refractivity contribution in [2.45, 2.75) is 46.1 Å². The van der Waals surface area contributed by atoms with E-state index >= 15 is 0 Å². The van der Waals surface area contributed by atoms with Crippen LogP contribution >= 0.6 is 11.3 Å². The van der Waals surface area contributed by atoms with Crippen molar-refractivity contribution in [3.8, 4) is 0 Å². The molecule has 0 aliphatic heterocycles. The Hall–Kier alpha value is -2.21. The molecule has 0 aliphatic carbocycles. The van der Waals surface area contributed by atoms with E-state index in [1.165, 1.54) is 11.3 Å². The van der Waals surface area contributed by atoms with Gasteiger partial charge in [-0.25, -0.2) is 4.98 Å². The Morgan fingerprint density at radius 2 is 1.76 bits per heavy atom. The number of anilines is 1. The van der Waals surface area contributed by atoms with Gasteiger partial charge in [0.05, 0.1) is 0 Å². The van der Waals surface area contributed by atoms with Crippen molar-refractivity contribution < 1.29 is 9.59 Å². The maximum atomic E-state index is 12.5. The summed E-state index contributed by atoms with van der Waals surface area (Å²) in [5.74, 6) is -0.559. The van der Waals surface area contributed by atoms with Crippen molar-refractivity contribution >= 4 is 28.3 Å². The Balaban J connectivity index is 2.08. The molecule has 2 rings (SSSR count). The average Bonchev–Trinajstić information content (AvgIpc) is 3.04. The highest BCUT2D eigenvalue weighted by molar-refractivity contribution is 7.13. The van der Waals surface area contributed by atoms with Crippen LogP contribution in [0.5, 0.6) is 0 Å². The Morgan fingerprint density at radius 1 is 1.12 bits per heavy atom. The van der Waals surface area contributed by atoms with Gasteiger partial charge in [0.2, 0.25) is 5.91 Å². The molecular weight excluding hydrogens is 334 g/mol. The molecule has 1 heterocycles. The first-order chi connectivity index (χ1) is 11.7. The summed E-state index contributed by atoms with van der Waals surface area (Å²) in [5.41, 5.74) is 1.73. The van der Waals surface area contributed by atoms with Crippen molar-refractivity contribution in [1.29, 1.82) is 0 Å². The van der Waals surface area contributed by atoms with Gasteiger partial charge in [-0.2, -0.15) is 0 Å². The Morgan fingerprint density at radius 3 is 2.24 bits per heavy atom. The number of nitrogens with zero attached hydrogens (tertiary/aromatic N) is 1. The van der Waals surface area contributed by atoms with E-state index in [1.54, 1.807) is 23.7 Å². The van der Waals surface area contributed by atoms with E-state index < -0.39 is 6.04 Å². The molecule has 0 bridgehead atoms. The van der Waals surface area contributed by atoms with Crippen LogP contribution in [-0.2, 0) is 10.2 Å². The summed E-state index contributed by atoms with van der Waals surface area (Å²) in [5, 5.41) is 7.89. The first kappa shape index (κ1) is 19.1. The van der Waals surface area contributed by atoms with Crippen LogP contribution in [0.2, 0.25) is 0 Å². The minimum atomic E-state index is -0.626. The molecule has 0 saturated carbocycles. The molecular formula is C19H25N3O2S. The van der Waals surface area contributed by atoms with E-state index in [1.807, 2.05) is 26.0 Å². The number of hydrogen-bond acceptors (Lipinski definition) is 4. The highest BCUT2D eigenvalue weighted by Crippen LogP contribution is 2.22. The van der Waals surface area contributed by atoms with Crippen molar-refractivity contribution in [1.82, 2.24) is 10.3 Å². The largest absolute Gasteiger partial charge is 0.340 e. The predicted octanol–water partition coefficient (Wildman–Crippen LogP) is 3.83. The molecule has 0 radical (unpaired) electrons. The van der Waals surface area contributed by atoms with Crippen molar-refractivity contribution in [2.75, 3.05) is 5.32 Å². The summed E-state index contributed by atoms with van der Waals surface area (Å²) in [6.07, 6.45) is 1.63. The maximum absolute atomic E-state index is 12.5. The zero-order chi connectivity index (χ0) is 18.6. The molecule has 1 aromatic carbocycles. The van der Waals surface area contributed by atoms with Gasteiger partial charge in [-0.3, -0.25) is 9.59 Å². The van der Waals surface area contributed by atoms with Gasteiger partial charge < -0.3 is 10.6 Å². The second kappa shape index (κ2) is 7.78. The van der Waals surface area contributed by atoms with Crippen LogP contribution in [0.15, 0.2) is 35.8 Å². The van der Waals surface area contributed by atoms with Gasteiger partial charge in [0.1, 0.15) is 6.04 Å². The Kier molecular flexibility index (Phi) is 5.95. The lowest BCUT2D eigenvalue weighted by molar-refractivity contribution is -0.118. The molecule has 2 amide bonds. The number of carbonyl (C=O) groups is 2. The minimum Gasteiger partial charge on any atom is -0.340 e. The molecule has 2 aromatic rings. The highest BCUT2D eigenvalue weighted by atomic mass is 32.1. The van der Waals surface area contributed by atoms with Crippen LogP contribution in [0, 0.1) is 5.92 Å². The van der Waals surface area contributed by atoms with Gasteiger partial charge in [0, 0.05) is 17.1 Å². The number of amides is 2. The second-order valence-corrected chi connectivity index (χ2v) is 8.24. The maximum Gasteiger partial charge on any atom is 0.251 e. The molecule has 1 atom stereocenters. The number of hydrogen-bond donors (Lipinski definition) is 2. The van der Waals surface area contributed by atoms with Crippen molar-refractivity contribution in [3.63, 3.8) is 0 Å². The number of rotatable bonds is 5. The number of thiazole rings is 1. The quantitative estimate of drug-likeness (QED) is 0.852. The third-order valence-electron chi connectivity index (χ3n) is 3.91. The van der Waals surface area contributed by atoms with E-state index in [2.05, 4.69) is 36.4 Å². The minimum absolute atomic E-state index is 0.0308. The third kappa shape index (κ3) is 5.13. The zero-order valence-corrected chi connectivity index (χ0v) is 16.1. The molecule has 0 fully saturated rings. The van der Waals surface area contributed by atoms with Gasteiger partial charge >= 0.3 is 0 Å². The van der Waals surface area contributed by atoms with Gasteiger partial charge in [-0.15, -0.1) is 11.3 Å². The van der Waals surface area contributed by atoms with Crippen LogP contribution in [0.3, 0.4) is 0 Å². The molecule has 25 heavy (non-hydrogen) atoms. The summed E-state index contributed by atoms with van der Waals surface area (Å²) in [7, 11) is 0. The molecule has 0 saturated heterocycles. The third-order valence-corrected chi connectivity index (χ3v) is 4.60. The van der Waals surface area contributed by atoms with E-state index in [-0.39, 0.29) is 23.1 Å². The van der Waals surface area contributed by atoms with Crippen LogP contribution in [-0.4, -0.2) is 22.8 Å². The number of aromatic nitrogens is 1. The van der Waals surface area contributed by atoms with E-state index in [0.717, 1.165) is 5.56 Å². The summed E-state index contributed by atoms with van der Waals surface area (Å²) in [4.78, 5) is 29.0. The fourth-order valence-electron chi connectivity index (χ4n) is 2.35. The standard InChI is InChI=1S/C19H25N3O2S/c1-12(2)15(17(24)22-18-20-10-11-25-18)21-16(23)13-6-8-14(9-7-13)19(3,4)5/h6-12,15H,1-5H3,(H,21,23)(H,20,22,24). The fourth-order valence-corrected chi connectivity index (χ4v) is 2.88. The first-order valence-corrected chi connectivity index (χ1v) is 9.18. The SMILES string of the molecule is CC(C)C(NC(=O)c1ccc(C(C)(C)C)cc1)C(=O)Nc1nccs1.